The maximum Gasteiger partial charge on any atom is 0.254 e. The van der Waals surface area contributed by atoms with Crippen LogP contribution < -0.4 is 0 Å². The van der Waals surface area contributed by atoms with Gasteiger partial charge >= 0.3 is 0 Å². The third-order valence-corrected chi connectivity index (χ3v) is 7.83. The van der Waals surface area contributed by atoms with Crippen LogP contribution in [0.5, 0.6) is 0 Å². The Hall–Kier alpha value is -3.30. The Labute approximate surface area is 211 Å². The van der Waals surface area contributed by atoms with Gasteiger partial charge in [-0.25, -0.2) is 17.8 Å². The van der Waals surface area contributed by atoms with Crippen LogP contribution in [0.25, 0.3) is 0 Å². The molecule has 1 amide bonds. The number of nitrogens with zero attached hydrogens (tertiary/aromatic N) is 3. The van der Waals surface area contributed by atoms with E-state index >= 15 is 0 Å². The number of carbonyl (C=O) groups is 1. The van der Waals surface area contributed by atoms with Gasteiger partial charge < -0.3 is 14.2 Å². The van der Waals surface area contributed by atoms with Gasteiger partial charge in [0.25, 0.3) is 5.91 Å². The normalized spacial score (nSPS) is 15.7. The molecule has 1 aliphatic heterocycles. The van der Waals surface area contributed by atoms with E-state index in [2.05, 4.69) is 11.6 Å². The van der Waals surface area contributed by atoms with Gasteiger partial charge in [-0.3, -0.25) is 4.79 Å². The van der Waals surface area contributed by atoms with Crippen molar-refractivity contribution in [3.05, 3.63) is 95.6 Å². The highest BCUT2D eigenvalue weighted by molar-refractivity contribution is 7.90. The summed E-state index contributed by atoms with van der Waals surface area (Å²) >= 11 is 0. The number of hydrogen-bond donors (Lipinski definition) is 0. The van der Waals surface area contributed by atoms with Gasteiger partial charge in [-0.2, -0.15) is 0 Å². The smallest absolute Gasteiger partial charge is 0.254 e. The second-order valence-electron chi connectivity index (χ2n) is 8.92. The first-order valence-electron chi connectivity index (χ1n) is 11.9. The van der Waals surface area contributed by atoms with Crippen molar-refractivity contribution in [3.8, 4) is 0 Å². The lowest BCUT2D eigenvalue weighted by atomic mass is 10.1. The summed E-state index contributed by atoms with van der Waals surface area (Å²) in [5.74, 6) is -1.28. The first kappa shape index (κ1) is 25.8. The zero-order chi connectivity index (χ0) is 25.7. The van der Waals surface area contributed by atoms with Gasteiger partial charge in [0, 0.05) is 24.3 Å². The molecule has 36 heavy (non-hydrogen) atoms. The summed E-state index contributed by atoms with van der Waals surface area (Å²) in [4.78, 5) is 19.2. The fourth-order valence-electron chi connectivity index (χ4n) is 4.39. The lowest BCUT2D eigenvalue weighted by Crippen LogP contribution is -2.33. The monoisotopic (exact) mass is 511 g/mol. The Bertz CT molecular complexity index is 1350. The predicted molar refractivity (Wildman–Crippen MR) is 135 cm³/mol. The van der Waals surface area contributed by atoms with E-state index in [1.807, 2.05) is 19.1 Å². The Balaban J connectivity index is 1.69. The predicted octanol–water partition coefficient (Wildman–Crippen LogP) is 4.31. The molecule has 1 aromatic heterocycles. The molecule has 1 aliphatic rings. The minimum absolute atomic E-state index is 0.0775. The van der Waals surface area contributed by atoms with Crippen LogP contribution in [-0.2, 0) is 33.4 Å². The number of hydrogen-bond acceptors (Lipinski definition) is 5. The second kappa shape index (κ2) is 11.2. The van der Waals surface area contributed by atoms with Crippen molar-refractivity contribution < 1.29 is 22.3 Å². The Morgan fingerprint density at radius 3 is 2.69 bits per heavy atom. The number of carbonyl (C=O) groups excluding carboxylic acids is 1. The van der Waals surface area contributed by atoms with Crippen LogP contribution in [0.3, 0.4) is 0 Å². The van der Waals surface area contributed by atoms with E-state index in [-0.39, 0.29) is 42.4 Å². The first-order chi connectivity index (χ1) is 17.3. The van der Waals surface area contributed by atoms with Crippen LogP contribution in [0, 0.1) is 12.7 Å². The molecule has 0 radical (unpaired) electrons. The molecule has 1 fully saturated rings. The van der Waals surface area contributed by atoms with E-state index in [0.717, 1.165) is 18.4 Å². The third-order valence-electron chi connectivity index (χ3n) is 6.26. The van der Waals surface area contributed by atoms with Gasteiger partial charge in [0.05, 0.1) is 36.8 Å². The van der Waals surface area contributed by atoms with Crippen LogP contribution in [0.1, 0.15) is 40.0 Å². The lowest BCUT2D eigenvalue weighted by Gasteiger charge is -2.24. The molecule has 1 unspecified atom stereocenters. The highest BCUT2D eigenvalue weighted by atomic mass is 32.2. The molecular weight excluding hydrogens is 481 g/mol. The summed E-state index contributed by atoms with van der Waals surface area (Å²) in [5, 5.41) is -0.154. The number of imidazole rings is 1. The second-order valence-corrected chi connectivity index (χ2v) is 10.8. The van der Waals surface area contributed by atoms with Crippen molar-refractivity contribution in [1.29, 1.82) is 0 Å². The molecule has 7 nitrogen and oxygen atoms in total. The quantitative estimate of drug-likeness (QED) is 0.379. The minimum Gasteiger partial charge on any atom is -0.376 e. The Morgan fingerprint density at radius 2 is 2.00 bits per heavy atom. The number of halogens is 1. The average molecular weight is 512 g/mol. The zero-order valence-corrected chi connectivity index (χ0v) is 21.1. The molecule has 0 bridgehead atoms. The maximum absolute atomic E-state index is 14.2. The van der Waals surface area contributed by atoms with E-state index < -0.39 is 21.4 Å². The standard InChI is InChI=1S/C27H30FN3O4S/c1-3-14-30(26(32)24-12-6-4-9-20(24)2)17-22-16-29-27(31(22)18-23-11-8-15-35-23)36(33,34)19-21-10-5-7-13-25(21)28/h3-7,9-10,12-13,16,23H,1,8,11,14-15,17-19H2,2H3. The summed E-state index contributed by atoms with van der Waals surface area (Å²) in [7, 11) is -3.98. The van der Waals surface area contributed by atoms with Gasteiger partial charge in [0.1, 0.15) is 5.82 Å². The van der Waals surface area contributed by atoms with Crippen molar-refractivity contribution in [2.75, 3.05) is 13.2 Å². The molecule has 3 aromatic rings. The van der Waals surface area contributed by atoms with Crippen molar-refractivity contribution >= 4 is 15.7 Å². The summed E-state index contributed by atoms with van der Waals surface area (Å²) < 4.78 is 48.4. The fraction of sp³-hybridized carbons (Fsp3) is 0.333. The van der Waals surface area contributed by atoms with Gasteiger partial charge in [0.2, 0.25) is 15.0 Å². The first-order valence-corrected chi connectivity index (χ1v) is 13.5. The topological polar surface area (TPSA) is 81.5 Å². The largest absolute Gasteiger partial charge is 0.376 e. The molecule has 1 atom stereocenters. The van der Waals surface area contributed by atoms with Gasteiger partial charge in [-0.1, -0.05) is 42.5 Å². The van der Waals surface area contributed by atoms with E-state index in [1.54, 1.807) is 33.7 Å². The van der Waals surface area contributed by atoms with Crippen LogP contribution >= 0.6 is 0 Å². The highest BCUT2D eigenvalue weighted by Crippen LogP contribution is 2.24. The van der Waals surface area contributed by atoms with Crippen LogP contribution in [0.4, 0.5) is 4.39 Å². The Kier molecular flexibility index (Phi) is 8.01. The highest BCUT2D eigenvalue weighted by Gasteiger charge is 2.29. The van der Waals surface area contributed by atoms with Crippen LogP contribution in [0.15, 0.2) is 72.5 Å². The van der Waals surface area contributed by atoms with E-state index in [1.165, 1.54) is 24.4 Å². The van der Waals surface area contributed by atoms with Gasteiger partial charge in [-0.05, 0) is 37.5 Å². The fourth-order valence-corrected chi connectivity index (χ4v) is 5.91. The summed E-state index contributed by atoms with van der Waals surface area (Å²) in [5.41, 5.74) is 2.05. The SMILES string of the molecule is C=CCN(Cc1cnc(S(=O)(=O)Cc2ccccc2F)n1CC1CCCO1)C(=O)c1ccccc1C. The number of rotatable bonds is 10. The molecule has 2 heterocycles. The third kappa shape index (κ3) is 5.74. The van der Waals surface area contributed by atoms with Gasteiger partial charge in [0.15, 0.2) is 0 Å². The molecular formula is C27H30FN3O4S. The molecule has 9 heteroatoms. The number of ether oxygens (including phenoxy) is 1. The summed E-state index contributed by atoms with van der Waals surface area (Å²) in [6.07, 6.45) is 4.63. The maximum atomic E-state index is 14.2. The van der Waals surface area contributed by atoms with Crippen molar-refractivity contribution in [1.82, 2.24) is 14.5 Å². The number of aromatic nitrogens is 2. The average Bonchev–Trinajstić information content (AvgIpc) is 3.51. The molecule has 4 rings (SSSR count). The van der Waals surface area contributed by atoms with Crippen molar-refractivity contribution in [3.63, 3.8) is 0 Å². The van der Waals surface area contributed by atoms with Crippen LogP contribution in [-0.4, -0.2) is 48.0 Å². The number of benzene rings is 2. The molecule has 2 aromatic carbocycles. The molecule has 0 saturated carbocycles. The Morgan fingerprint density at radius 1 is 1.25 bits per heavy atom. The molecule has 1 saturated heterocycles. The lowest BCUT2D eigenvalue weighted by molar-refractivity contribution is 0.0751. The molecule has 0 spiro atoms. The van der Waals surface area contributed by atoms with E-state index in [0.29, 0.717) is 17.9 Å². The number of aryl methyl sites for hydroxylation is 1. The van der Waals surface area contributed by atoms with Crippen LogP contribution in [0.2, 0.25) is 0 Å². The summed E-state index contributed by atoms with van der Waals surface area (Å²) in [6, 6.07) is 13.1. The minimum atomic E-state index is -3.98. The zero-order valence-electron chi connectivity index (χ0n) is 20.3. The van der Waals surface area contributed by atoms with Gasteiger partial charge in [-0.15, -0.1) is 6.58 Å². The van der Waals surface area contributed by atoms with E-state index in [9.17, 15) is 17.6 Å². The molecule has 190 valence electrons. The molecule has 0 aliphatic carbocycles. The number of sulfone groups is 1. The van der Waals surface area contributed by atoms with Crippen molar-refractivity contribution in [2.45, 2.75) is 49.9 Å². The van der Waals surface area contributed by atoms with Crippen molar-refractivity contribution in [2.24, 2.45) is 0 Å². The number of amides is 1. The van der Waals surface area contributed by atoms with E-state index in [4.69, 9.17) is 4.74 Å². The molecule has 0 N–H and O–H groups in total. The summed E-state index contributed by atoms with van der Waals surface area (Å²) in [6.45, 7) is 6.94.